The second-order valence-corrected chi connectivity index (χ2v) is 8.45. The van der Waals surface area contributed by atoms with E-state index in [2.05, 4.69) is 10.6 Å². The van der Waals surface area contributed by atoms with Crippen LogP contribution in [0.4, 0.5) is 5.69 Å². The van der Waals surface area contributed by atoms with Gasteiger partial charge in [-0.25, -0.2) is 0 Å². The number of carbonyl (C=O) groups is 3. The Bertz CT molecular complexity index is 1120. The minimum absolute atomic E-state index is 0.0357. The summed E-state index contributed by atoms with van der Waals surface area (Å²) in [5.41, 5.74) is 2.23. The molecule has 8 heteroatoms. The number of aryl methyl sites for hydroxylation is 1. The van der Waals surface area contributed by atoms with Crippen LogP contribution in [0.2, 0.25) is 0 Å². The number of furan rings is 1. The fraction of sp³-hybridized carbons (Fsp3) is 0.296. The summed E-state index contributed by atoms with van der Waals surface area (Å²) in [6.45, 7) is 2.69. The number of anilines is 1. The molecule has 1 aliphatic rings. The highest BCUT2D eigenvalue weighted by molar-refractivity contribution is 6.04. The van der Waals surface area contributed by atoms with Gasteiger partial charge in [-0.3, -0.25) is 19.3 Å². The molecule has 2 aromatic carbocycles. The fourth-order valence-corrected chi connectivity index (χ4v) is 4.05. The summed E-state index contributed by atoms with van der Waals surface area (Å²) in [6.07, 6.45) is 3.20. The Kier molecular flexibility index (Phi) is 7.95. The first-order valence-corrected chi connectivity index (χ1v) is 11.7. The molecule has 1 fully saturated rings. The molecule has 2 N–H and O–H groups in total. The maximum Gasteiger partial charge on any atom is 0.287 e. The molecule has 35 heavy (non-hydrogen) atoms. The first-order valence-electron chi connectivity index (χ1n) is 11.7. The van der Waals surface area contributed by atoms with Crippen LogP contribution in [0.5, 0.6) is 0 Å². The number of benzene rings is 2. The average Bonchev–Trinajstić information content (AvgIpc) is 3.60. The van der Waals surface area contributed by atoms with Crippen LogP contribution >= 0.6 is 0 Å². The quantitative estimate of drug-likeness (QED) is 0.494. The van der Waals surface area contributed by atoms with Crippen molar-refractivity contribution in [1.29, 1.82) is 0 Å². The molecule has 1 aromatic heterocycles. The van der Waals surface area contributed by atoms with E-state index >= 15 is 0 Å². The first-order chi connectivity index (χ1) is 17.0. The number of hydrogen-bond acceptors (Lipinski definition) is 5. The van der Waals surface area contributed by atoms with Gasteiger partial charge in [0.25, 0.3) is 5.91 Å². The fourth-order valence-electron chi connectivity index (χ4n) is 4.05. The Morgan fingerprint density at radius 1 is 1.00 bits per heavy atom. The van der Waals surface area contributed by atoms with E-state index in [1.807, 2.05) is 49.4 Å². The van der Waals surface area contributed by atoms with Crippen molar-refractivity contribution in [3.8, 4) is 0 Å². The summed E-state index contributed by atoms with van der Waals surface area (Å²) in [5.74, 6) is -1.16. The van der Waals surface area contributed by atoms with Gasteiger partial charge in [0.15, 0.2) is 5.76 Å². The molecule has 0 saturated carbocycles. The van der Waals surface area contributed by atoms with Gasteiger partial charge in [0.1, 0.15) is 6.04 Å². The van der Waals surface area contributed by atoms with Gasteiger partial charge >= 0.3 is 0 Å². The second-order valence-electron chi connectivity index (χ2n) is 8.45. The van der Waals surface area contributed by atoms with E-state index in [1.165, 1.54) is 17.2 Å². The summed E-state index contributed by atoms with van der Waals surface area (Å²) in [4.78, 5) is 40.9. The SMILES string of the molecule is Cc1ccc(N(C(=O)CNC(=O)c2ccco2)[C@H](C(=O)NC[C@H]2CCCO2)c2ccccc2)cc1. The van der Waals surface area contributed by atoms with Crippen molar-refractivity contribution < 1.29 is 23.5 Å². The van der Waals surface area contributed by atoms with E-state index < -0.39 is 17.9 Å². The van der Waals surface area contributed by atoms with Crippen LogP contribution in [0.3, 0.4) is 0 Å². The molecule has 3 aromatic rings. The van der Waals surface area contributed by atoms with Gasteiger partial charge < -0.3 is 19.8 Å². The van der Waals surface area contributed by atoms with Crippen LogP contribution in [0.25, 0.3) is 0 Å². The van der Waals surface area contributed by atoms with Crippen molar-refractivity contribution in [3.63, 3.8) is 0 Å². The monoisotopic (exact) mass is 475 g/mol. The largest absolute Gasteiger partial charge is 0.459 e. The third-order valence-corrected chi connectivity index (χ3v) is 5.88. The summed E-state index contributed by atoms with van der Waals surface area (Å²) in [6, 6.07) is 18.7. The summed E-state index contributed by atoms with van der Waals surface area (Å²) in [5, 5.41) is 5.56. The lowest BCUT2D eigenvalue weighted by atomic mass is 10.0. The van der Waals surface area contributed by atoms with Crippen molar-refractivity contribution in [2.24, 2.45) is 0 Å². The van der Waals surface area contributed by atoms with Gasteiger partial charge in [-0.15, -0.1) is 0 Å². The molecule has 1 aliphatic heterocycles. The van der Waals surface area contributed by atoms with E-state index in [1.54, 1.807) is 18.2 Å². The first kappa shape index (κ1) is 24.2. The van der Waals surface area contributed by atoms with E-state index in [4.69, 9.17) is 9.15 Å². The Balaban J connectivity index is 1.62. The van der Waals surface area contributed by atoms with Gasteiger partial charge in [0.05, 0.1) is 18.9 Å². The normalized spacial score (nSPS) is 15.9. The molecule has 3 amide bonds. The van der Waals surface area contributed by atoms with E-state index in [-0.39, 0.29) is 24.3 Å². The van der Waals surface area contributed by atoms with Gasteiger partial charge in [-0.1, -0.05) is 48.0 Å². The number of ether oxygens (including phenoxy) is 1. The number of hydrogen-bond donors (Lipinski definition) is 2. The molecule has 0 spiro atoms. The summed E-state index contributed by atoms with van der Waals surface area (Å²) in [7, 11) is 0. The van der Waals surface area contributed by atoms with E-state index in [0.717, 1.165) is 18.4 Å². The smallest absolute Gasteiger partial charge is 0.287 e. The molecule has 8 nitrogen and oxygen atoms in total. The lowest BCUT2D eigenvalue weighted by molar-refractivity contribution is -0.126. The van der Waals surface area contributed by atoms with Crippen LogP contribution < -0.4 is 15.5 Å². The number of rotatable bonds is 9. The molecular formula is C27H29N3O5. The van der Waals surface area contributed by atoms with Crippen molar-refractivity contribution in [2.75, 3.05) is 24.6 Å². The van der Waals surface area contributed by atoms with Crippen molar-refractivity contribution >= 4 is 23.4 Å². The third-order valence-electron chi connectivity index (χ3n) is 5.88. The molecule has 0 bridgehead atoms. The van der Waals surface area contributed by atoms with E-state index in [0.29, 0.717) is 24.4 Å². The third kappa shape index (κ3) is 6.16. The molecule has 182 valence electrons. The highest BCUT2D eigenvalue weighted by atomic mass is 16.5. The van der Waals surface area contributed by atoms with Crippen molar-refractivity contribution in [3.05, 3.63) is 89.9 Å². The van der Waals surface area contributed by atoms with Crippen molar-refractivity contribution in [2.45, 2.75) is 31.9 Å². The number of amides is 3. The van der Waals surface area contributed by atoms with Crippen LogP contribution in [0, 0.1) is 6.92 Å². The van der Waals surface area contributed by atoms with Gasteiger partial charge in [0, 0.05) is 18.8 Å². The number of nitrogens with one attached hydrogen (secondary N) is 2. The molecule has 2 atom stereocenters. The topological polar surface area (TPSA) is 101 Å². The zero-order valence-corrected chi connectivity index (χ0v) is 19.6. The Labute approximate surface area is 204 Å². The maximum absolute atomic E-state index is 13.6. The number of nitrogens with zero attached hydrogens (tertiary/aromatic N) is 1. The van der Waals surface area contributed by atoms with Crippen LogP contribution in [0.1, 0.15) is 40.6 Å². The lowest BCUT2D eigenvalue weighted by Crippen LogP contribution is -2.48. The lowest BCUT2D eigenvalue weighted by Gasteiger charge is -2.32. The summed E-state index contributed by atoms with van der Waals surface area (Å²) >= 11 is 0. The van der Waals surface area contributed by atoms with Crippen molar-refractivity contribution in [1.82, 2.24) is 10.6 Å². The Morgan fingerprint density at radius 2 is 1.77 bits per heavy atom. The highest BCUT2D eigenvalue weighted by Crippen LogP contribution is 2.28. The van der Waals surface area contributed by atoms with E-state index in [9.17, 15) is 14.4 Å². The maximum atomic E-state index is 13.6. The molecule has 0 aliphatic carbocycles. The second kappa shape index (κ2) is 11.5. The van der Waals surface area contributed by atoms with Crippen LogP contribution in [-0.4, -0.2) is 43.5 Å². The molecule has 1 saturated heterocycles. The minimum Gasteiger partial charge on any atom is -0.459 e. The molecule has 2 heterocycles. The predicted octanol–water partition coefficient (Wildman–Crippen LogP) is 3.39. The molecule has 0 unspecified atom stereocenters. The predicted molar refractivity (Wildman–Crippen MR) is 131 cm³/mol. The zero-order valence-electron chi connectivity index (χ0n) is 19.6. The van der Waals surface area contributed by atoms with Gasteiger partial charge in [-0.2, -0.15) is 0 Å². The number of carbonyl (C=O) groups excluding carboxylic acids is 3. The molecular weight excluding hydrogens is 446 g/mol. The van der Waals surface area contributed by atoms with Gasteiger partial charge in [-0.05, 0) is 49.6 Å². The summed E-state index contributed by atoms with van der Waals surface area (Å²) < 4.78 is 10.8. The molecule has 0 radical (unpaired) electrons. The minimum atomic E-state index is -0.937. The average molecular weight is 476 g/mol. The standard InChI is InChI=1S/C27H29N3O5/c1-19-11-13-21(14-12-19)30(24(31)18-29-26(32)23-10-6-16-35-23)25(20-7-3-2-4-8-20)27(33)28-17-22-9-5-15-34-22/h2-4,6-8,10-14,16,22,25H,5,9,15,17-18H2,1H3,(H,28,33)(H,29,32)/t22-,25+/m1/s1. The van der Waals surface area contributed by atoms with Gasteiger partial charge in [0.2, 0.25) is 11.8 Å². The molecule has 4 rings (SSSR count). The Morgan fingerprint density at radius 3 is 2.43 bits per heavy atom. The highest BCUT2D eigenvalue weighted by Gasteiger charge is 2.33. The van der Waals surface area contributed by atoms with Crippen LogP contribution in [-0.2, 0) is 14.3 Å². The zero-order chi connectivity index (χ0) is 24.6. The Hall–Kier alpha value is -3.91. The van der Waals surface area contributed by atoms with Crippen LogP contribution in [0.15, 0.2) is 77.4 Å².